The molecule has 0 saturated carbocycles. The first kappa shape index (κ1) is 20.5. The molecule has 1 aromatic heterocycles. The summed E-state index contributed by atoms with van der Waals surface area (Å²) in [5.41, 5.74) is 2.28. The fraction of sp³-hybridized carbons (Fsp3) is 0.444. The molecular weight excluding hydrogens is 415 g/mol. The van der Waals surface area contributed by atoms with Crippen LogP contribution in [0.4, 0.5) is 0 Å². The molecule has 0 aliphatic heterocycles. The number of guanidine groups is 1. The molecule has 0 bridgehead atoms. The van der Waals surface area contributed by atoms with Crippen LogP contribution >= 0.6 is 24.0 Å². The number of benzene rings is 1. The van der Waals surface area contributed by atoms with Crippen LogP contribution in [0.3, 0.4) is 0 Å². The SMILES string of the molecule is CCc1cc(CNC(=NC)NCC(C)(C)c2ccccc2)on1.I. The fourth-order valence-corrected chi connectivity index (χ4v) is 2.29. The topological polar surface area (TPSA) is 62.5 Å². The smallest absolute Gasteiger partial charge is 0.191 e. The first-order valence-electron chi connectivity index (χ1n) is 7.99. The maximum atomic E-state index is 5.27. The minimum absolute atomic E-state index is 0. The van der Waals surface area contributed by atoms with Crippen molar-refractivity contribution in [1.29, 1.82) is 0 Å². The average molecular weight is 442 g/mol. The molecule has 6 heteroatoms. The molecular formula is C18H27IN4O. The van der Waals surface area contributed by atoms with E-state index in [1.807, 2.05) is 12.1 Å². The largest absolute Gasteiger partial charge is 0.359 e. The predicted molar refractivity (Wildman–Crippen MR) is 109 cm³/mol. The molecule has 2 rings (SSSR count). The molecule has 0 atom stereocenters. The van der Waals surface area contributed by atoms with Crippen LogP contribution in [-0.2, 0) is 18.4 Å². The van der Waals surface area contributed by atoms with Crippen LogP contribution < -0.4 is 10.6 Å². The lowest BCUT2D eigenvalue weighted by Gasteiger charge is -2.26. The van der Waals surface area contributed by atoms with Gasteiger partial charge >= 0.3 is 0 Å². The zero-order valence-corrected chi connectivity index (χ0v) is 17.1. The highest BCUT2D eigenvalue weighted by molar-refractivity contribution is 14.0. The molecule has 1 aromatic carbocycles. The summed E-state index contributed by atoms with van der Waals surface area (Å²) in [6.07, 6.45) is 0.877. The highest BCUT2D eigenvalue weighted by Gasteiger charge is 2.20. The minimum atomic E-state index is 0. The van der Waals surface area contributed by atoms with Crippen molar-refractivity contribution in [3.05, 3.63) is 53.4 Å². The van der Waals surface area contributed by atoms with E-state index >= 15 is 0 Å². The van der Waals surface area contributed by atoms with E-state index in [4.69, 9.17) is 4.52 Å². The van der Waals surface area contributed by atoms with Crippen molar-refractivity contribution in [3.63, 3.8) is 0 Å². The zero-order valence-electron chi connectivity index (χ0n) is 14.8. The Morgan fingerprint density at radius 1 is 1.21 bits per heavy atom. The summed E-state index contributed by atoms with van der Waals surface area (Å²) in [4.78, 5) is 4.26. The maximum absolute atomic E-state index is 5.27. The number of hydrogen-bond acceptors (Lipinski definition) is 3. The first-order valence-corrected chi connectivity index (χ1v) is 7.99. The summed E-state index contributed by atoms with van der Waals surface area (Å²) in [7, 11) is 1.77. The van der Waals surface area contributed by atoms with Gasteiger partial charge in [-0.2, -0.15) is 0 Å². The highest BCUT2D eigenvalue weighted by atomic mass is 127. The molecule has 0 amide bonds. The van der Waals surface area contributed by atoms with Crippen molar-refractivity contribution in [2.45, 2.75) is 39.2 Å². The third-order valence-corrected chi connectivity index (χ3v) is 3.88. The summed E-state index contributed by atoms with van der Waals surface area (Å²) in [5, 5.41) is 10.6. The third-order valence-electron chi connectivity index (χ3n) is 3.88. The number of aryl methyl sites for hydroxylation is 1. The fourth-order valence-electron chi connectivity index (χ4n) is 2.29. The van der Waals surface area contributed by atoms with Gasteiger partial charge in [0.15, 0.2) is 11.7 Å². The minimum Gasteiger partial charge on any atom is -0.359 e. The molecule has 1 heterocycles. The summed E-state index contributed by atoms with van der Waals surface area (Å²) < 4.78 is 5.27. The highest BCUT2D eigenvalue weighted by Crippen LogP contribution is 2.21. The van der Waals surface area contributed by atoms with Crippen molar-refractivity contribution in [1.82, 2.24) is 15.8 Å². The second-order valence-electron chi connectivity index (χ2n) is 6.17. The van der Waals surface area contributed by atoms with Crippen LogP contribution in [0, 0.1) is 0 Å². The predicted octanol–water partition coefficient (Wildman–Crippen LogP) is 3.50. The van der Waals surface area contributed by atoms with E-state index in [1.165, 1.54) is 5.56 Å². The monoisotopic (exact) mass is 442 g/mol. The molecule has 0 fully saturated rings. The summed E-state index contributed by atoms with van der Waals surface area (Å²) in [5.74, 6) is 1.57. The van der Waals surface area contributed by atoms with Gasteiger partial charge in [-0.05, 0) is 12.0 Å². The number of nitrogens with zero attached hydrogens (tertiary/aromatic N) is 2. The lowest BCUT2D eigenvalue weighted by molar-refractivity contribution is 0.374. The average Bonchev–Trinajstić information content (AvgIpc) is 3.04. The number of aromatic nitrogens is 1. The molecule has 24 heavy (non-hydrogen) atoms. The van der Waals surface area contributed by atoms with Gasteiger partial charge in [0, 0.05) is 25.1 Å². The summed E-state index contributed by atoms with van der Waals surface area (Å²) in [6, 6.07) is 12.4. The van der Waals surface area contributed by atoms with E-state index in [0.717, 1.165) is 30.4 Å². The van der Waals surface area contributed by atoms with Gasteiger partial charge in [0.25, 0.3) is 0 Å². The van der Waals surface area contributed by atoms with Crippen LogP contribution in [0.15, 0.2) is 45.9 Å². The van der Waals surface area contributed by atoms with E-state index in [0.29, 0.717) is 6.54 Å². The molecule has 0 radical (unpaired) electrons. The number of aliphatic imine (C=N–C) groups is 1. The van der Waals surface area contributed by atoms with Crippen LogP contribution in [0.1, 0.15) is 37.8 Å². The second kappa shape index (κ2) is 9.66. The van der Waals surface area contributed by atoms with Crippen molar-refractivity contribution in [2.24, 2.45) is 4.99 Å². The lowest BCUT2D eigenvalue weighted by atomic mass is 9.85. The van der Waals surface area contributed by atoms with Gasteiger partial charge in [-0.25, -0.2) is 0 Å². The molecule has 5 nitrogen and oxygen atoms in total. The number of halogens is 1. The molecule has 0 unspecified atom stereocenters. The van der Waals surface area contributed by atoms with Gasteiger partial charge in [0.05, 0.1) is 12.2 Å². The summed E-state index contributed by atoms with van der Waals surface area (Å²) in [6.45, 7) is 7.84. The van der Waals surface area contributed by atoms with Crippen LogP contribution in [0.2, 0.25) is 0 Å². The molecule has 0 saturated heterocycles. The normalized spacial score (nSPS) is 11.8. The Kier molecular flexibility index (Phi) is 8.24. The van der Waals surface area contributed by atoms with Gasteiger partial charge in [-0.15, -0.1) is 24.0 Å². The van der Waals surface area contributed by atoms with Gasteiger partial charge < -0.3 is 15.2 Å². The number of nitrogens with one attached hydrogen (secondary N) is 2. The summed E-state index contributed by atoms with van der Waals surface area (Å²) >= 11 is 0. The standard InChI is InChI=1S/C18H26N4O.HI/c1-5-15-11-16(23-22-15)12-20-17(19-4)21-13-18(2,3)14-9-7-6-8-10-14;/h6-11H,5,12-13H2,1-4H3,(H2,19,20,21);1H. The molecule has 0 aliphatic rings. The molecule has 132 valence electrons. The van der Waals surface area contributed by atoms with Gasteiger partial charge in [0.2, 0.25) is 0 Å². The molecule has 2 aromatic rings. The second-order valence-corrected chi connectivity index (χ2v) is 6.17. The van der Waals surface area contributed by atoms with Gasteiger partial charge in [-0.3, -0.25) is 4.99 Å². The van der Waals surface area contributed by atoms with Crippen LogP contribution in [-0.4, -0.2) is 24.7 Å². The lowest BCUT2D eigenvalue weighted by Crippen LogP contribution is -2.43. The Labute approximate surface area is 161 Å². The van der Waals surface area contributed by atoms with Crippen molar-refractivity contribution in [3.8, 4) is 0 Å². The molecule has 0 aliphatic carbocycles. The van der Waals surface area contributed by atoms with Crippen molar-refractivity contribution < 1.29 is 4.52 Å². The quantitative estimate of drug-likeness (QED) is 0.409. The Morgan fingerprint density at radius 3 is 2.50 bits per heavy atom. The van der Waals surface area contributed by atoms with Crippen molar-refractivity contribution >= 4 is 29.9 Å². The van der Waals surface area contributed by atoms with E-state index in [1.54, 1.807) is 7.05 Å². The van der Waals surface area contributed by atoms with E-state index in [2.05, 4.69) is 65.8 Å². The zero-order chi connectivity index (χ0) is 16.7. The van der Waals surface area contributed by atoms with Gasteiger partial charge in [0.1, 0.15) is 0 Å². The Bertz CT molecular complexity index is 637. The van der Waals surface area contributed by atoms with E-state index in [-0.39, 0.29) is 29.4 Å². The van der Waals surface area contributed by atoms with E-state index < -0.39 is 0 Å². The molecule has 0 spiro atoms. The third kappa shape index (κ3) is 5.81. The van der Waals surface area contributed by atoms with Gasteiger partial charge in [-0.1, -0.05) is 56.3 Å². The number of rotatable bonds is 6. The first-order chi connectivity index (χ1) is 11.0. The van der Waals surface area contributed by atoms with Crippen molar-refractivity contribution in [2.75, 3.05) is 13.6 Å². The number of hydrogen-bond donors (Lipinski definition) is 2. The van der Waals surface area contributed by atoms with E-state index in [9.17, 15) is 0 Å². The molecule has 2 N–H and O–H groups in total. The Hall–Kier alpha value is -1.57. The Balaban J connectivity index is 0.00000288. The Morgan fingerprint density at radius 2 is 1.92 bits per heavy atom. The maximum Gasteiger partial charge on any atom is 0.191 e. The van der Waals surface area contributed by atoms with Crippen LogP contribution in [0.25, 0.3) is 0 Å². The van der Waals surface area contributed by atoms with Crippen LogP contribution in [0.5, 0.6) is 0 Å².